The fourth-order valence-corrected chi connectivity index (χ4v) is 3.77. The van der Waals surface area contributed by atoms with Gasteiger partial charge in [0.25, 0.3) is 0 Å². The smallest absolute Gasteiger partial charge is 0.124 e. The molecule has 152 valence electrons. The van der Waals surface area contributed by atoms with Gasteiger partial charge in [-0.05, 0) is 35.4 Å². The second-order valence-corrected chi connectivity index (χ2v) is 7.46. The quantitative estimate of drug-likeness (QED) is 0.394. The highest BCUT2D eigenvalue weighted by molar-refractivity contribution is 5.87. The third kappa shape index (κ3) is 4.64. The number of methoxy groups -OCH3 is 1. The molecule has 3 nitrogen and oxygen atoms in total. The predicted molar refractivity (Wildman–Crippen MR) is 123 cm³/mol. The van der Waals surface area contributed by atoms with Crippen molar-refractivity contribution in [1.82, 2.24) is 5.32 Å². The zero-order valence-electron chi connectivity index (χ0n) is 17.5. The van der Waals surface area contributed by atoms with Crippen LogP contribution in [0.15, 0.2) is 84.9 Å². The first-order valence-corrected chi connectivity index (χ1v) is 10.3. The predicted octanol–water partition coefficient (Wildman–Crippen LogP) is 6.03. The summed E-state index contributed by atoms with van der Waals surface area (Å²) >= 11 is 0. The molecule has 0 saturated heterocycles. The molecular weight excluding hydrogens is 370 g/mol. The molecule has 0 amide bonds. The molecule has 0 unspecified atom stereocenters. The molecule has 0 aliphatic rings. The standard InChI is InChI=1S/C27H27NO2/c1-20-8-7-9-21(16-20)19-30-27-15-14-22-10-3-5-12-24(22)25(27)18-28-17-23-11-4-6-13-26(23)29-2/h3-16,28H,17-19H2,1-2H3. The van der Waals surface area contributed by atoms with Crippen LogP contribution in [0, 0.1) is 6.92 Å². The molecule has 0 aromatic heterocycles. The van der Waals surface area contributed by atoms with Crippen molar-refractivity contribution in [2.75, 3.05) is 7.11 Å². The summed E-state index contributed by atoms with van der Waals surface area (Å²) in [7, 11) is 1.71. The number of para-hydroxylation sites is 1. The Hall–Kier alpha value is -3.30. The lowest BCUT2D eigenvalue weighted by molar-refractivity contribution is 0.302. The van der Waals surface area contributed by atoms with Gasteiger partial charge in [0.15, 0.2) is 0 Å². The van der Waals surface area contributed by atoms with Crippen molar-refractivity contribution < 1.29 is 9.47 Å². The fraction of sp³-hybridized carbons (Fsp3) is 0.185. The number of benzene rings is 4. The first-order chi connectivity index (χ1) is 14.7. The van der Waals surface area contributed by atoms with Gasteiger partial charge in [-0.25, -0.2) is 0 Å². The molecule has 4 aromatic rings. The number of nitrogens with one attached hydrogen (secondary N) is 1. The summed E-state index contributed by atoms with van der Waals surface area (Å²) in [5.74, 6) is 1.82. The molecule has 0 saturated carbocycles. The third-order valence-electron chi connectivity index (χ3n) is 5.28. The van der Waals surface area contributed by atoms with Gasteiger partial charge in [-0.1, -0.05) is 78.4 Å². The lowest BCUT2D eigenvalue weighted by atomic mass is 10.0. The number of ether oxygens (including phenoxy) is 2. The van der Waals surface area contributed by atoms with Crippen LogP contribution < -0.4 is 14.8 Å². The van der Waals surface area contributed by atoms with Gasteiger partial charge in [-0.15, -0.1) is 0 Å². The van der Waals surface area contributed by atoms with Crippen LogP contribution in [0.25, 0.3) is 10.8 Å². The molecule has 0 radical (unpaired) electrons. The maximum Gasteiger partial charge on any atom is 0.124 e. The average Bonchev–Trinajstić information content (AvgIpc) is 2.78. The van der Waals surface area contributed by atoms with E-state index in [2.05, 4.69) is 79.0 Å². The van der Waals surface area contributed by atoms with Gasteiger partial charge in [0.05, 0.1) is 7.11 Å². The summed E-state index contributed by atoms with van der Waals surface area (Å²) in [4.78, 5) is 0. The molecule has 0 atom stereocenters. The summed E-state index contributed by atoms with van der Waals surface area (Å²) in [6, 6.07) is 29.2. The van der Waals surface area contributed by atoms with Gasteiger partial charge in [0.2, 0.25) is 0 Å². The van der Waals surface area contributed by atoms with Gasteiger partial charge >= 0.3 is 0 Å². The molecule has 1 N–H and O–H groups in total. The van der Waals surface area contributed by atoms with Gasteiger partial charge in [0, 0.05) is 24.2 Å². The van der Waals surface area contributed by atoms with Gasteiger partial charge in [-0.3, -0.25) is 0 Å². The molecule has 0 fully saturated rings. The van der Waals surface area contributed by atoms with Crippen LogP contribution in [-0.4, -0.2) is 7.11 Å². The molecule has 0 aliphatic carbocycles. The second kappa shape index (κ2) is 9.47. The molecule has 4 aromatic carbocycles. The largest absolute Gasteiger partial charge is 0.496 e. The van der Waals surface area contributed by atoms with Crippen LogP contribution in [0.5, 0.6) is 11.5 Å². The van der Waals surface area contributed by atoms with Crippen LogP contribution in [0.3, 0.4) is 0 Å². The highest BCUT2D eigenvalue weighted by Gasteiger charge is 2.10. The SMILES string of the molecule is COc1ccccc1CNCc1c(OCc2cccc(C)c2)ccc2ccccc12. The van der Waals surface area contributed by atoms with E-state index in [0.29, 0.717) is 13.2 Å². The lowest BCUT2D eigenvalue weighted by Crippen LogP contribution is -2.14. The van der Waals surface area contributed by atoms with Gasteiger partial charge < -0.3 is 14.8 Å². The minimum Gasteiger partial charge on any atom is -0.496 e. The van der Waals surface area contributed by atoms with E-state index < -0.39 is 0 Å². The van der Waals surface area contributed by atoms with Crippen LogP contribution in [-0.2, 0) is 19.7 Å². The monoisotopic (exact) mass is 397 g/mol. The van der Waals surface area contributed by atoms with Crippen LogP contribution >= 0.6 is 0 Å². The number of rotatable bonds is 8. The Balaban J connectivity index is 1.55. The fourth-order valence-electron chi connectivity index (χ4n) is 3.77. The Labute approximate surface area is 178 Å². The zero-order valence-corrected chi connectivity index (χ0v) is 17.5. The maximum absolute atomic E-state index is 6.27. The van der Waals surface area contributed by atoms with Crippen molar-refractivity contribution in [3.63, 3.8) is 0 Å². The molecule has 0 bridgehead atoms. The highest BCUT2D eigenvalue weighted by Crippen LogP contribution is 2.29. The van der Waals surface area contributed by atoms with Crippen LogP contribution in [0.2, 0.25) is 0 Å². The summed E-state index contributed by atoms with van der Waals surface area (Å²) in [5, 5.41) is 6.00. The Morgan fingerprint density at radius 1 is 0.767 bits per heavy atom. The number of hydrogen-bond donors (Lipinski definition) is 1. The Morgan fingerprint density at radius 3 is 2.47 bits per heavy atom. The lowest BCUT2D eigenvalue weighted by Gasteiger charge is -2.16. The van der Waals surface area contributed by atoms with Crippen molar-refractivity contribution >= 4 is 10.8 Å². The highest BCUT2D eigenvalue weighted by atomic mass is 16.5. The molecule has 3 heteroatoms. The summed E-state index contributed by atoms with van der Waals surface area (Å²) in [6.45, 7) is 4.10. The maximum atomic E-state index is 6.27. The minimum atomic E-state index is 0.555. The van der Waals surface area contributed by atoms with Crippen molar-refractivity contribution in [3.8, 4) is 11.5 Å². The molecule has 0 spiro atoms. The summed E-state index contributed by atoms with van der Waals surface area (Å²) in [5.41, 5.74) is 4.74. The van der Waals surface area contributed by atoms with Crippen LogP contribution in [0.1, 0.15) is 22.3 Å². The van der Waals surface area contributed by atoms with E-state index in [1.165, 1.54) is 27.5 Å². The normalized spacial score (nSPS) is 10.9. The first-order valence-electron chi connectivity index (χ1n) is 10.3. The topological polar surface area (TPSA) is 30.5 Å². The molecule has 0 heterocycles. The van der Waals surface area contributed by atoms with Gasteiger partial charge in [-0.2, -0.15) is 0 Å². The van der Waals surface area contributed by atoms with E-state index >= 15 is 0 Å². The number of aryl methyl sites for hydroxylation is 1. The summed E-state index contributed by atoms with van der Waals surface area (Å²) in [6.07, 6.45) is 0. The van der Waals surface area contributed by atoms with Crippen molar-refractivity contribution in [1.29, 1.82) is 0 Å². The van der Waals surface area contributed by atoms with E-state index in [0.717, 1.165) is 23.6 Å². The Kier molecular flexibility index (Phi) is 6.31. The molecule has 0 aliphatic heterocycles. The zero-order chi connectivity index (χ0) is 20.8. The summed E-state index contributed by atoms with van der Waals surface area (Å²) < 4.78 is 11.7. The molecular formula is C27H27NO2. The van der Waals surface area contributed by atoms with E-state index in [4.69, 9.17) is 9.47 Å². The van der Waals surface area contributed by atoms with Crippen molar-refractivity contribution in [2.45, 2.75) is 26.6 Å². The van der Waals surface area contributed by atoms with Crippen molar-refractivity contribution in [3.05, 3.63) is 107 Å². The van der Waals surface area contributed by atoms with E-state index in [1.807, 2.05) is 18.2 Å². The minimum absolute atomic E-state index is 0.555. The van der Waals surface area contributed by atoms with Crippen molar-refractivity contribution in [2.24, 2.45) is 0 Å². The number of fused-ring (bicyclic) bond motifs is 1. The average molecular weight is 398 g/mol. The van der Waals surface area contributed by atoms with E-state index in [9.17, 15) is 0 Å². The number of hydrogen-bond acceptors (Lipinski definition) is 3. The van der Waals surface area contributed by atoms with E-state index in [1.54, 1.807) is 7.11 Å². The third-order valence-corrected chi connectivity index (χ3v) is 5.28. The molecule has 30 heavy (non-hydrogen) atoms. The first kappa shape index (κ1) is 20.0. The van der Waals surface area contributed by atoms with Gasteiger partial charge in [0.1, 0.15) is 18.1 Å². The Morgan fingerprint density at radius 2 is 1.60 bits per heavy atom. The Bertz CT molecular complexity index is 1140. The molecule has 4 rings (SSSR count). The van der Waals surface area contributed by atoms with E-state index in [-0.39, 0.29) is 0 Å². The van der Waals surface area contributed by atoms with Crippen LogP contribution in [0.4, 0.5) is 0 Å². The second-order valence-electron chi connectivity index (χ2n) is 7.46.